The second kappa shape index (κ2) is 9.31. The number of thiol groups is 1. The number of hydrogen-bond acceptors (Lipinski definition) is 1. The van der Waals surface area contributed by atoms with Crippen LogP contribution in [0.4, 0.5) is 0 Å². The van der Waals surface area contributed by atoms with Crippen molar-refractivity contribution < 1.29 is 0 Å². The van der Waals surface area contributed by atoms with Gasteiger partial charge in [-0.3, -0.25) is 0 Å². The maximum atomic E-state index is 4.03. The second-order valence-electron chi connectivity index (χ2n) is 1.91. The van der Waals surface area contributed by atoms with Crippen LogP contribution in [0.15, 0.2) is 48.6 Å². The van der Waals surface area contributed by atoms with Crippen LogP contribution < -0.4 is 0 Å². The lowest BCUT2D eigenvalue weighted by atomic mass is 10.4. The van der Waals surface area contributed by atoms with Crippen LogP contribution >= 0.6 is 12.6 Å². The molecule has 0 aliphatic heterocycles. The minimum absolute atomic E-state index is 0.795. The lowest BCUT2D eigenvalue weighted by Crippen LogP contribution is -1.56. The molecule has 0 nitrogen and oxygen atoms in total. The van der Waals surface area contributed by atoms with Gasteiger partial charge in [0.05, 0.1) is 0 Å². The first kappa shape index (κ1) is 10.3. The Labute approximate surface area is 74.4 Å². The normalized spacial score (nSPS) is 13.3. The summed E-state index contributed by atoms with van der Waals surface area (Å²) in [5, 5.41) is 0. The molecule has 0 aromatic carbocycles. The SMILES string of the molecule is C/C=C/C=C/C=C/C=C/CS. The molecule has 0 aromatic heterocycles. The maximum Gasteiger partial charge on any atom is 0.00856 e. The molecule has 60 valence electrons. The van der Waals surface area contributed by atoms with Gasteiger partial charge < -0.3 is 0 Å². The summed E-state index contributed by atoms with van der Waals surface area (Å²) in [7, 11) is 0. The third-order valence-corrected chi connectivity index (χ3v) is 1.20. The van der Waals surface area contributed by atoms with Gasteiger partial charge in [-0.1, -0.05) is 48.6 Å². The lowest BCUT2D eigenvalue weighted by molar-refractivity contribution is 1.72. The van der Waals surface area contributed by atoms with Crippen molar-refractivity contribution in [1.29, 1.82) is 0 Å². The van der Waals surface area contributed by atoms with Crippen molar-refractivity contribution in [2.24, 2.45) is 0 Å². The van der Waals surface area contributed by atoms with Gasteiger partial charge in [-0.25, -0.2) is 0 Å². The molecule has 0 amide bonds. The van der Waals surface area contributed by atoms with Gasteiger partial charge in [-0.15, -0.1) is 0 Å². The Morgan fingerprint density at radius 1 is 0.909 bits per heavy atom. The summed E-state index contributed by atoms with van der Waals surface area (Å²) in [6.45, 7) is 1.99. The highest BCUT2D eigenvalue weighted by molar-refractivity contribution is 7.80. The standard InChI is InChI=1S/C10H14S/c1-2-3-4-5-6-7-8-9-10-11/h2-9,11H,10H2,1H3/b3-2+,5-4+,7-6+,9-8+. The molecule has 0 unspecified atom stereocenters. The van der Waals surface area contributed by atoms with E-state index >= 15 is 0 Å². The van der Waals surface area contributed by atoms with Crippen molar-refractivity contribution in [3.05, 3.63) is 48.6 Å². The third kappa shape index (κ3) is 9.31. The highest BCUT2D eigenvalue weighted by Gasteiger charge is 1.62. The summed E-state index contributed by atoms with van der Waals surface area (Å²) in [6, 6.07) is 0. The van der Waals surface area contributed by atoms with E-state index in [2.05, 4.69) is 12.6 Å². The van der Waals surface area contributed by atoms with Crippen molar-refractivity contribution in [3.63, 3.8) is 0 Å². The molecular weight excluding hydrogens is 152 g/mol. The van der Waals surface area contributed by atoms with Gasteiger partial charge in [0.25, 0.3) is 0 Å². The van der Waals surface area contributed by atoms with E-state index in [1.807, 2.05) is 55.5 Å². The summed E-state index contributed by atoms with van der Waals surface area (Å²) >= 11 is 4.03. The van der Waals surface area contributed by atoms with Crippen LogP contribution in [0, 0.1) is 0 Å². The molecule has 0 saturated carbocycles. The Hall–Kier alpha value is -0.690. The Kier molecular flexibility index (Phi) is 8.73. The first-order valence-electron chi connectivity index (χ1n) is 3.64. The Balaban J connectivity index is 3.51. The summed E-state index contributed by atoms with van der Waals surface area (Å²) in [6.07, 6.45) is 15.9. The Morgan fingerprint density at radius 3 is 2.00 bits per heavy atom. The molecule has 1 heteroatoms. The fourth-order valence-electron chi connectivity index (χ4n) is 0.507. The van der Waals surface area contributed by atoms with Gasteiger partial charge in [0.15, 0.2) is 0 Å². The zero-order valence-corrected chi connectivity index (χ0v) is 7.67. The van der Waals surface area contributed by atoms with Crippen LogP contribution in [0.25, 0.3) is 0 Å². The van der Waals surface area contributed by atoms with E-state index in [1.165, 1.54) is 0 Å². The summed E-state index contributed by atoms with van der Waals surface area (Å²) in [4.78, 5) is 0. The van der Waals surface area contributed by atoms with Crippen LogP contribution in [-0.2, 0) is 0 Å². The van der Waals surface area contributed by atoms with Gasteiger partial charge in [0, 0.05) is 5.75 Å². The molecule has 0 saturated heterocycles. The largest absolute Gasteiger partial charge is 0.175 e. The van der Waals surface area contributed by atoms with Crippen molar-refractivity contribution in [2.75, 3.05) is 5.75 Å². The number of hydrogen-bond donors (Lipinski definition) is 1. The van der Waals surface area contributed by atoms with E-state index in [0.717, 1.165) is 5.75 Å². The number of rotatable bonds is 4. The summed E-state index contributed by atoms with van der Waals surface area (Å²) < 4.78 is 0. The maximum absolute atomic E-state index is 4.03. The smallest absolute Gasteiger partial charge is 0.00856 e. The topological polar surface area (TPSA) is 0 Å². The first-order valence-corrected chi connectivity index (χ1v) is 4.27. The molecule has 0 atom stereocenters. The van der Waals surface area contributed by atoms with E-state index in [1.54, 1.807) is 0 Å². The zero-order chi connectivity index (χ0) is 8.36. The molecule has 0 aliphatic rings. The van der Waals surface area contributed by atoms with Gasteiger partial charge >= 0.3 is 0 Å². The van der Waals surface area contributed by atoms with E-state index in [4.69, 9.17) is 0 Å². The highest BCUT2D eigenvalue weighted by atomic mass is 32.1. The molecule has 0 aromatic rings. The highest BCUT2D eigenvalue weighted by Crippen LogP contribution is 1.82. The van der Waals surface area contributed by atoms with Gasteiger partial charge in [-0.05, 0) is 6.92 Å². The molecule has 0 aliphatic carbocycles. The van der Waals surface area contributed by atoms with E-state index in [0.29, 0.717) is 0 Å². The van der Waals surface area contributed by atoms with Gasteiger partial charge in [-0.2, -0.15) is 12.6 Å². The van der Waals surface area contributed by atoms with Crippen LogP contribution in [-0.4, -0.2) is 5.75 Å². The average Bonchev–Trinajstić information content (AvgIpc) is 2.03. The Morgan fingerprint density at radius 2 is 1.45 bits per heavy atom. The molecule has 0 heterocycles. The van der Waals surface area contributed by atoms with Gasteiger partial charge in [0.1, 0.15) is 0 Å². The predicted molar refractivity (Wildman–Crippen MR) is 56.1 cm³/mol. The molecule has 0 fully saturated rings. The average molecular weight is 166 g/mol. The molecule has 0 bridgehead atoms. The predicted octanol–water partition coefficient (Wildman–Crippen LogP) is 3.16. The Bertz CT molecular complexity index is 173. The first-order chi connectivity index (χ1) is 5.41. The van der Waals surface area contributed by atoms with Crippen LogP contribution in [0.1, 0.15) is 6.92 Å². The molecular formula is C10H14S. The van der Waals surface area contributed by atoms with Crippen LogP contribution in [0.2, 0.25) is 0 Å². The molecule has 0 N–H and O–H groups in total. The summed E-state index contributed by atoms with van der Waals surface area (Å²) in [5.41, 5.74) is 0. The minimum Gasteiger partial charge on any atom is -0.175 e. The quantitative estimate of drug-likeness (QED) is 0.481. The fourth-order valence-corrected chi connectivity index (χ4v) is 0.629. The van der Waals surface area contributed by atoms with Crippen molar-refractivity contribution in [1.82, 2.24) is 0 Å². The molecule has 0 spiro atoms. The van der Waals surface area contributed by atoms with Crippen LogP contribution in [0.3, 0.4) is 0 Å². The monoisotopic (exact) mass is 166 g/mol. The van der Waals surface area contributed by atoms with Crippen molar-refractivity contribution in [2.45, 2.75) is 6.92 Å². The lowest BCUT2D eigenvalue weighted by Gasteiger charge is -1.73. The summed E-state index contributed by atoms with van der Waals surface area (Å²) in [5.74, 6) is 0.795. The molecule has 0 rings (SSSR count). The van der Waals surface area contributed by atoms with E-state index in [-0.39, 0.29) is 0 Å². The minimum atomic E-state index is 0.795. The fraction of sp³-hybridized carbons (Fsp3) is 0.200. The van der Waals surface area contributed by atoms with Crippen molar-refractivity contribution >= 4 is 12.6 Å². The van der Waals surface area contributed by atoms with Crippen LogP contribution in [0.5, 0.6) is 0 Å². The van der Waals surface area contributed by atoms with E-state index < -0.39 is 0 Å². The van der Waals surface area contributed by atoms with Crippen molar-refractivity contribution in [3.8, 4) is 0 Å². The second-order valence-corrected chi connectivity index (χ2v) is 2.27. The molecule has 11 heavy (non-hydrogen) atoms. The number of allylic oxidation sites excluding steroid dienone is 7. The van der Waals surface area contributed by atoms with E-state index in [9.17, 15) is 0 Å². The third-order valence-electron chi connectivity index (χ3n) is 0.989. The van der Waals surface area contributed by atoms with Gasteiger partial charge in [0.2, 0.25) is 0 Å². The molecule has 0 radical (unpaired) electrons. The zero-order valence-electron chi connectivity index (χ0n) is 6.77.